The van der Waals surface area contributed by atoms with E-state index in [1.165, 1.54) is 12.1 Å². The molecule has 5 nitrogen and oxygen atoms in total. The van der Waals surface area contributed by atoms with Crippen molar-refractivity contribution in [3.05, 3.63) is 89.5 Å². The molecule has 0 radical (unpaired) electrons. The highest BCUT2D eigenvalue weighted by Crippen LogP contribution is 2.29. The van der Waals surface area contributed by atoms with Crippen LogP contribution in [0.5, 0.6) is 5.75 Å². The molecule has 0 aromatic heterocycles. The maximum Gasteiger partial charge on any atom is 0.278 e. The molecule has 0 spiro atoms. The van der Waals surface area contributed by atoms with E-state index in [-0.39, 0.29) is 4.90 Å². The minimum atomic E-state index is -4.10. The van der Waals surface area contributed by atoms with Crippen LogP contribution in [-0.4, -0.2) is 20.9 Å². The highest BCUT2D eigenvalue weighted by atomic mass is 32.2. The number of nitrogens with zero attached hydrogens (tertiary/aromatic N) is 1. The topological polar surface area (TPSA) is 63.7 Å². The second kappa shape index (κ2) is 8.49. The second-order valence-electron chi connectivity index (χ2n) is 6.80. The number of amides is 1. The number of carbonyl (C=O) groups excluding carboxylic acids is 1. The zero-order valence-electron chi connectivity index (χ0n) is 16.6. The molecule has 0 heterocycles. The van der Waals surface area contributed by atoms with Gasteiger partial charge in [0.25, 0.3) is 15.9 Å². The minimum absolute atomic E-state index is 0.0461. The van der Waals surface area contributed by atoms with Gasteiger partial charge in [0.2, 0.25) is 0 Å². The van der Waals surface area contributed by atoms with Crippen molar-refractivity contribution in [1.82, 2.24) is 0 Å². The number of sulfonamides is 1. The first-order valence-corrected chi connectivity index (χ1v) is 10.6. The molecule has 150 valence electrons. The summed E-state index contributed by atoms with van der Waals surface area (Å²) < 4.78 is 33.1. The lowest BCUT2D eigenvalue weighted by Crippen LogP contribution is -2.40. The van der Waals surface area contributed by atoms with E-state index in [1.54, 1.807) is 49.4 Å². The van der Waals surface area contributed by atoms with Gasteiger partial charge >= 0.3 is 0 Å². The van der Waals surface area contributed by atoms with Crippen molar-refractivity contribution in [3.63, 3.8) is 0 Å². The molecule has 3 rings (SSSR count). The summed E-state index contributed by atoms with van der Waals surface area (Å²) in [4.78, 5) is 13.2. The number of hydrogen-bond donors (Lipinski definition) is 0. The van der Waals surface area contributed by atoms with E-state index in [4.69, 9.17) is 4.74 Å². The first kappa shape index (κ1) is 20.6. The van der Waals surface area contributed by atoms with Crippen LogP contribution in [0.25, 0.3) is 0 Å². The molecule has 1 amide bonds. The molecular weight excluding hydrogens is 386 g/mol. The average Bonchev–Trinajstić information content (AvgIpc) is 2.70. The van der Waals surface area contributed by atoms with Gasteiger partial charge in [-0.05, 0) is 67.8 Å². The standard InChI is InChI=1S/C23H23NO4S/c1-17-9-7-11-20(15-17)28-16-23(25)24(22-14-8-10-18(2)19(22)3)29(26,27)21-12-5-4-6-13-21/h4-15H,16H2,1-3H3. The van der Waals surface area contributed by atoms with Gasteiger partial charge in [0, 0.05) is 0 Å². The number of carbonyl (C=O) groups is 1. The summed E-state index contributed by atoms with van der Waals surface area (Å²) in [6.45, 7) is 5.19. The third-order valence-corrected chi connectivity index (χ3v) is 6.40. The molecule has 3 aromatic carbocycles. The Hall–Kier alpha value is -3.12. The van der Waals surface area contributed by atoms with E-state index in [9.17, 15) is 13.2 Å². The minimum Gasteiger partial charge on any atom is -0.484 e. The van der Waals surface area contributed by atoms with Gasteiger partial charge in [-0.2, -0.15) is 4.31 Å². The fourth-order valence-corrected chi connectivity index (χ4v) is 4.45. The number of hydrogen-bond acceptors (Lipinski definition) is 4. The smallest absolute Gasteiger partial charge is 0.278 e. The lowest BCUT2D eigenvalue weighted by Gasteiger charge is -2.25. The van der Waals surface area contributed by atoms with Crippen LogP contribution >= 0.6 is 0 Å². The number of ether oxygens (including phenoxy) is 1. The normalized spacial score (nSPS) is 11.1. The van der Waals surface area contributed by atoms with Crippen molar-refractivity contribution in [2.45, 2.75) is 25.7 Å². The molecule has 0 unspecified atom stereocenters. The van der Waals surface area contributed by atoms with Crippen LogP contribution in [0, 0.1) is 20.8 Å². The Morgan fingerprint density at radius 3 is 2.28 bits per heavy atom. The Labute approximate surface area is 171 Å². The van der Waals surface area contributed by atoms with Crippen molar-refractivity contribution >= 4 is 21.6 Å². The van der Waals surface area contributed by atoms with Crippen LogP contribution < -0.4 is 9.04 Å². The molecular formula is C23H23NO4S. The van der Waals surface area contributed by atoms with Gasteiger partial charge in [-0.3, -0.25) is 4.79 Å². The van der Waals surface area contributed by atoms with E-state index >= 15 is 0 Å². The summed E-state index contributed by atoms with van der Waals surface area (Å²) in [7, 11) is -4.10. The zero-order chi connectivity index (χ0) is 21.0. The second-order valence-corrected chi connectivity index (χ2v) is 8.59. The van der Waals surface area contributed by atoms with Gasteiger partial charge in [-0.15, -0.1) is 0 Å². The van der Waals surface area contributed by atoms with Gasteiger partial charge in [0.1, 0.15) is 5.75 Å². The molecule has 0 N–H and O–H groups in total. The van der Waals surface area contributed by atoms with Gasteiger partial charge < -0.3 is 4.74 Å². The molecule has 3 aromatic rings. The lowest BCUT2D eigenvalue weighted by atomic mass is 10.1. The van der Waals surface area contributed by atoms with Gasteiger partial charge in [0.15, 0.2) is 6.61 Å². The van der Waals surface area contributed by atoms with E-state index in [1.807, 2.05) is 32.0 Å². The number of aryl methyl sites for hydroxylation is 2. The van der Waals surface area contributed by atoms with E-state index in [0.717, 1.165) is 21.0 Å². The maximum atomic E-state index is 13.4. The first-order chi connectivity index (χ1) is 13.8. The number of benzene rings is 3. The molecule has 0 bridgehead atoms. The van der Waals surface area contributed by atoms with Crippen molar-refractivity contribution in [1.29, 1.82) is 0 Å². The fraction of sp³-hybridized carbons (Fsp3) is 0.174. The molecule has 6 heteroatoms. The molecule has 0 atom stereocenters. The third kappa shape index (κ3) is 4.49. The molecule has 0 fully saturated rings. The summed E-state index contributed by atoms with van der Waals surface area (Å²) in [6.07, 6.45) is 0. The summed E-state index contributed by atoms with van der Waals surface area (Å²) in [5.41, 5.74) is 2.92. The predicted molar refractivity (Wildman–Crippen MR) is 114 cm³/mol. The van der Waals surface area contributed by atoms with Crippen LogP contribution in [-0.2, 0) is 14.8 Å². The number of rotatable bonds is 6. The van der Waals surface area contributed by atoms with Crippen molar-refractivity contribution < 1.29 is 17.9 Å². The maximum absolute atomic E-state index is 13.4. The van der Waals surface area contributed by atoms with Crippen molar-refractivity contribution in [2.24, 2.45) is 0 Å². The molecule has 0 saturated heterocycles. The van der Waals surface area contributed by atoms with Crippen molar-refractivity contribution in [3.8, 4) is 5.75 Å². The highest BCUT2D eigenvalue weighted by molar-refractivity contribution is 7.93. The monoisotopic (exact) mass is 409 g/mol. The van der Waals surface area contributed by atoms with Crippen LogP contribution in [0.1, 0.15) is 16.7 Å². The molecule has 0 aliphatic rings. The molecule has 0 saturated carbocycles. The largest absolute Gasteiger partial charge is 0.484 e. The third-order valence-electron chi connectivity index (χ3n) is 4.65. The quantitative estimate of drug-likeness (QED) is 0.605. The van der Waals surface area contributed by atoms with Gasteiger partial charge in [0.05, 0.1) is 10.6 Å². The average molecular weight is 410 g/mol. The molecule has 0 aliphatic heterocycles. The van der Waals surface area contributed by atoms with Gasteiger partial charge in [-0.1, -0.05) is 42.5 Å². The Morgan fingerprint density at radius 2 is 1.59 bits per heavy atom. The molecule has 29 heavy (non-hydrogen) atoms. The Kier molecular flexibility index (Phi) is 6.03. The Bertz CT molecular complexity index is 1120. The number of anilines is 1. The summed E-state index contributed by atoms with van der Waals surface area (Å²) in [6, 6.07) is 20.4. The highest BCUT2D eigenvalue weighted by Gasteiger charge is 2.32. The van der Waals surface area contributed by atoms with E-state index in [2.05, 4.69) is 0 Å². The van der Waals surface area contributed by atoms with Crippen LogP contribution in [0.15, 0.2) is 77.7 Å². The Morgan fingerprint density at radius 1 is 0.897 bits per heavy atom. The van der Waals surface area contributed by atoms with Crippen molar-refractivity contribution in [2.75, 3.05) is 10.9 Å². The lowest BCUT2D eigenvalue weighted by molar-refractivity contribution is -0.119. The summed E-state index contributed by atoms with van der Waals surface area (Å²) in [5.74, 6) is -0.152. The fourth-order valence-electron chi connectivity index (χ4n) is 2.96. The predicted octanol–water partition coefficient (Wildman–Crippen LogP) is 4.41. The van der Waals surface area contributed by atoms with E-state index in [0.29, 0.717) is 11.4 Å². The summed E-state index contributed by atoms with van der Waals surface area (Å²) in [5, 5.41) is 0. The SMILES string of the molecule is Cc1cccc(OCC(=O)N(c2cccc(C)c2C)S(=O)(=O)c2ccccc2)c1. The van der Waals surface area contributed by atoms with Crippen LogP contribution in [0.3, 0.4) is 0 Å². The van der Waals surface area contributed by atoms with Crippen LogP contribution in [0.4, 0.5) is 5.69 Å². The Balaban J connectivity index is 2.01. The van der Waals surface area contributed by atoms with E-state index < -0.39 is 22.5 Å². The van der Waals surface area contributed by atoms with Crippen LogP contribution in [0.2, 0.25) is 0 Å². The zero-order valence-corrected chi connectivity index (χ0v) is 17.4. The summed E-state index contributed by atoms with van der Waals surface area (Å²) >= 11 is 0. The van der Waals surface area contributed by atoms with Gasteiger partial charge in [-0.25, -0.2) is 8.42 Å². The first-order valence-electron chi connectivity index (χ1n) is 9.19. The molecule has 0 aliphatic carbocycles.